The van der Waals surface area contributed by atoms with E-state index in [1.807, 2.05) is 6.20 Å². The quantitative estimate of drug-likeness (QED) is 0.166. The Balaban J connectivity index is 1.08. The van der Waals surface area contributed by atoms with Gasteiger partial charge in [0.1, 0.15) is 0 Å². The number of fused-ring (bicyclic) bond motifs is 9. The van der Waals surface area contributed by atoms with E-state index in [4.69, 9.17) is 4.98 Å². The highest BCUT2D eigenvalue weighted by molar-refractivity contribution is 7.26. The zero-order valence-corrected chi connectivity index (χ0v) is 30.1. The molecule has 3 heteroatoms. The lowest BCUT2D eigenvalue weighted by Gasteiger charge is -2.26. The lowest BCUT2D eigenvalue weighted by molar-refractivity contribution is 1.29. The molecule has 2 nitrogen and oxygen atoms in total. The van der Waals surface area contributed by atoms with Crippen molar-refractivity contribution >= 4 is 91.8 Å². The smallest absolute Gasteiger partial charge is 0.0909 e. The molecule has 0 fully saturated rings. The van der Waals surface area contributed by atoms with Gasteiger partial charge in [-0.15, -0.1) is 11.3 Å². The molecule has 54 heavy (non-hydrogen) atoms. The maximum absolute atomic E-state index is 4.90. The summed E-state index contributed by atoms with van der Waals surface area (Å²) < 4.78 is 2.41. The summed E-state index contributed by atoms with van der Waals surface area (Å²) in [6.07, 6.45) is 1.95. The van der Waals surface area contributed by atoms with Crippen LogP contribution in [0.4, 0.5) is 17.1 Å². The number of anilines is 3. The average Bonchev–Trinajstić information content (AvgIpc) is 3.63. The maximum atomic E-state index is 4.90. The molecule has 11 rings (SSSR count). The Morgan fingerprint density at radius 3 is 1.37 bits per heavy atom. The van der Waals surface area contributed by atoms with E-state index in [-0.39, 0.29) is 0 Å². The Bertz CT molecular complexity index is 3050. The molecule has 0 saturated carbocycles. The van der Waals surface area contributed by atoms with Gasteiger partial charge in [-0.2, -0.15) is 0 Å². The third kappa shape index (κ3) is 4.90. The Hall–Kier alpha value is -6.81. The topological polar surface area (TPSA) is 16.1 Å². The van der Waals surface area contributed by atoms with Crippen LogP contribution in [-0.4, -0.2) is 4.98 Å². The summed E-state index contributed by atoms with van der Waals surface area (Å²) in [6, 6.07) is 68.5. The van der Waals surface area contributed by atoms with Gasteiger partial charge in [0.2, 0.25) is 0 Å². The summed E-state index contributed by atoms with van der Waals surface area (Å²) in [7, 11) is 0. The zero-order chi connectivity index (χ0) is 35.6. The van der Waals surface area contributed by atoms with Gasteiger partial charge in [0.05, 0.1) is 15.9 Å². The molecule has 0 amide bonds. The van der Waals surface area contributed by atoms with E-state index in [1.54, 1.807) is 11.3 Å². The molecule has 9 aromatic carbocycles. The number of rotatable bonds is 5. The molecule has 0 aliphatic rings. The van der Waals surface area contributed by atoms with Gasteiger partial charge in [0.25, 0.3) is 0 Å². The van der Waals surface area contributed by atoms with Gasteiger partial charge in [0, 0.05) is 27.7 Å². The predicted molar refractivity (Wildman–Crippen MR) is 233 cm³/mol. The molecule has 0 aliphatic carbocycles. The highest BCUT2D eigenvalue weighted by Gasteiger charge is 2.20. The van der Waals surface area contributed by atoms with Gasteiger partial charge in [-0.3, -0.25) is 4.98 Å². The summed E-state index contributed by atoms with van der Waals surface area (Å²) in [5.41, 5.74) is 9.22. The number of hydrogen-bond acceptors (Lipinski definition) is 3. The molecule has 2 heterocycles. The zero-order valence-electron chi connectivity index (χ0n) is 29.3. The number of thiophene rings is 1. The normalized spacial score (nSPS) is 11.7. The first-order valence-electron chi connectivity index (χ1n) is 18.4. The molecular weight excluding hydrogens is 673 g/mol. The minimum Gasteiger partial charge on any atom is -0.309 e. The van der Waals surface area contributed by atoms with Gasteiger partial charge in [0.15, 0.2) is 0 Å². The second kappa shape index (κ2) is 12.4. The first-order chi connectivity index (χ1) is 26.8. The van der Waals surface area contributed by atoms with Crippen molar-refractivity contribution in [3.8, 4) is 22.3 Å². The van der Waals surface area contributed by atoms with Crippen LogP contribution in [0.15, 0.2) is 194 Å². The maximum Gasteiger partial charge on any atom is 0.0909 e. The van der Waals surface area contributed by atoms with Crippen LogP contribution >= 0.6 is 11.3 Å². The number of nitrogens with zero attached hydrogens (tertiary/aromatic N) is 2. The molecule has 0 saturated heterocycles. The van der Waals surface area contributed by atoms with Gasteiger partial charge in [-0.25, -0.2) is 0 Å². The lowest BCUT2D eigenvalue weighted by Crippen LogP contribution is -2.10. The number of benzene rings is 9. The summed E-state index contributed by atoms with van der Waals surface area (Å²) in [5, 5.41) is 11.3. The molecule has 11 aromatic rings. The Kier molecular flexibility index (Phi) is 7.07. The van der Waals surface area contributed by atoms with Crippen molar-refractivity contribution in [1.82, 2.24) is 4.98 Å². The van der Waals surface area contributed by atoms with Gasteiger partial charge in [-0.1, -0.05) is 140 Å². The molecule has 2 aromatic heterocycles. The standard InChI is InChI=1S/C51H32N2S/c1-3-13-39-35(11-1)31-46(43-17-7-5-15-41(39)43)33-21-25-37(26-22-33)53(48-29-30-52-50-45-19-9-10-20-49(45)54-51(48)50)38-27-23-34(24-28-38)47-32-36-12-2-4-14-40(36)42-16-6-8-18-44(42)47/h1-32H. The lowest BCUT2D eigenvalue weighted by atomic mass is 9.93. The SMILES string of the molecule is c1ccc2c(c1)cc(-c1ccc(N(c3ccc(-c4cc5ccccc5c5ccccc45)cc3)c3ccnc4c3sc3ccccc34)cc1)c1ccccc12. The van der Waals surface area contributed by atoms with Crippen LogP contribution in [0.25, 0.3) is 85.6 Å². The van der Waals surface area contributed by atoms with Crippen LogP contribution in [0, 0.1) is 0 Å². The minimum atomic E-state index is 1.04. The summed E-state index contributed by atoms with van der Waals surface area (Å²) in [4.78, 5) is 7.29. The molecule has 252 valence electrons. The van der Waals surface area contributed by atoms with E-state index >= 15 is 0 Å². The Labute approximate surface area is 316 Å². The number of hydrogen-bond donors (Lipinski definition) is 0. The second-order valence-electron chi connectivity index (χ2n) is 13.9. The molecule has 0 unspecified atom stereocenters. The average molecular weight is 705 g/mol. The Morgan fingerprint density at radius 2 is 0.833 bits per heavy atom. The molecule has 0 bridgehead atoms. The molecule has 0 atom stereocenters. The first-order valence-corrected chi connectivity index (χ1v) is 19.2. The summed E-state index contributed by atoms with van der Waals surface area (Å²) >= 11 is 1.81. The van der Waals surface area contributed by atoms with Crippen LogP contribution < -0.4 is 4.90 Å². The van der Waals surface area contributed by atoms with Gasteiger partial charge < -0.3 is 4.90 Å². The first kappa shape index (κ1) is 30.8. The molecular formula is C51H32N2S. The largest absolute Gasteiger partial charge is 0.309 e. The van der Waals surface area contributed by atoms with Crippen LogP contribution in [0.1, 0.15) is 0 Å². The number of pyridine rings is 1. The molecule has 0 radical (unpaired) electrons. The van der Waals surface area contributed by atoms with Gasteiger partial charge in [-0.05, 0) is 114 Å². The molecule has 0 spiro atoms. The highest BCUT2D eigenvalue weighted by atomic mass is 32.1. The fourth-order valence-electron chi connectivity index (χ4n) is 8.36. The minimum absolute atomic E-state index is 1.04. The highest BCUT2D eigenvalue weighted by Crippen LogP contribution is 2.45. The van der Waals surface area contributed by atoms with Crippen molar-refractivity contribution in [1.29, 1.82) is 0 Å². The van der Waals surface area contributed by atoms with Crippen molar-refractivity contribution in [2.45, 2.75) is 0 Å². The van der Waals surface area contributed by atoms with E-state index in [9.17, 15) is 0 Å². The van der Waals surface area contributed by atoms with Crippen LogP contribution in [0.3, 0.4) is 0 Å². The van der Waals surface area contributed by atoms with E-state index in [2.05, 4.69) is 193 Å². The van der Waals surface area contributed by atoms with E-state index in [1.165, 1.54) is 80.1 Å². The number of aromatic nitrogens is 1. The summed E-state index contributed by atoms with van der Waals surface area (Å²) in [6.45, 7) is 0. The van der Waals surface area contributed by atoms with Crippen molar-refractivity contribution in [3.63, 3.8) is 0 Å². The van der Waals surface area contributed by atoms with Crippen molar-refractivity contribution in [2.75, 3.05) is 4.90 Å². The van der Waals surface area contributed by atoms with Crippen LogP contribution in [0.5, 0.6) is 0 Å². The van der Waals surface area contributed by atoms with Crippen molar-refractivity contribution in [3.05, 3.63) is 194 Å². The molecule has 0 N–H and O–H groups in total. The van der Waals surface area contributed by atoms with Gasteiger partial charge >= 0.3 is 0 Å². The van der Waals surface area contributed by atoms with Crippen molar-refractivity contribution < 1.29 is 0 Å². The fourth-order valence-corrected chi connectivity index (χ4v) is 9.53. The van der Waals surface area contributed by atoms with E-state index < -0.39 is 0 Å². The predicted octanol–water partition coefficient (Wildman–Crippen LogP) is 14.9. The fraction of sp³-hybridized carbons (Fsp3) is 0. The van der Waals surface area contributed by atoms with E-state index in [0.29, 0.717) is 0 Å². The van der Waals surface area contributed by atoms with Crippen LogP contribution in [0.2, 0.25) is 0 Å². The Morgan fingerprint density at radius 1 is 0.389 bits per heavy atom. The third-order valence-electron chi connectivity index (χ3n) is 10.9. The monoisotopic (exact) mass is 704 g/mol. The molecule has 0 aliphatic heterocycles. The van der Waals surface area contributed by atoms with Crippen molar-refractivity contribution in [2.24, 2.45) is 0 Å². The van der Waals surface area contributed by atoms with Crippen LogP contribution in [-0.2, 0) is 0 Å². The van der Waals surface area contributed by atoms with E-state index in [0.717, 1.165) is 22.6 Å². The third-order valence-corrected chi connectivity index (χ3v) is 12.1. The summed E-state index contributed by atoms with van der Waals surface area (Å²) in [5.74, 6) is 0. The second-order valence-corrected chi connectivity index (χ2v) is 15.0.